The first-order valence-electron chi connectivity index (χ1n) is 12.5. The topological polar surface area (TPSA) is 24.7 Å². The van der Waals surface area contributed by atoms with Crippen molar-refractivity contribution < 1.29 is 21.1 Å². The zero-order chi connectivity index (χ0) is 24.8. The largest absolute Gasteiger partial charge is 2.00 e. The normalized spacial score (nSPS) is 11.7. The molecule has 194 valence electrons. The quantitative estimate of drug-likeness (QED) is 0.170. The molecule has 0 aromatic heterocycles. The Morgan fingerprint density at radius 3 is 1.08 bits per heavy atom. The van der Waals surface area contributed by atoms with Crippen LogP contribution in [-0.4, -0.2) is 12.4 Å². The first kappa shape index (κ1) is 31.7. The van der Waals surface area contributed by atoms with Gasteiger partial charge in [0.25, 0.3) is 0 Å². The van der Waals surface area contributed by atoms with Crippen molar-refractivity contribution in [1.82, 2.24) is 0 Å². The SMILES string of the molecule is CC(C)c1cccc(C(C)C)c1N=Cc1[c-]c(C=Nc2c(C(C)C)cccc2C(C)C)ccc1.[CH3-].[Pt+2]. The minimum atomic E-state index is 0. The van der Waals surface area contributed by atoms with Crippen molar-refractivity contribution in [1.29, 1.82) is 0 Å². The zero-order valence-electron chi connectivity index (χ0n) is 23.4. The summed E-state index contributed by atoms with van der Waals surface area (Å²) in [5.41, 5.74) is 9.23. The number of rotatable bonds is 8. The van der Waals surface area contributed by atoms with Crippen LogP contribution in [0.4, 0.5) is 11.4 Å². The average molecular weight is 662 g/mol. The molecule has 3 aromatic carbocycles. The number of aliphatic imine (C=N–C) groups is 2. The van der Waals surface area contributed by atoms with Gasteiger partial charge in [-0.1, -0.05) is 91.8 Å². The van der Waals surface area contributed by atoms with Crippen LogP contribution in [0.3, 0.4) is 0 Å². The van der Waals surface area contributed by atoms with Gasteiger partial charge in [-0.15, -0.1) is 35.4 Å². The first-order valence-corrected chi connectivity index (χ1v) is 12.5. The Kier molecular flexibility index (Phi) is 12.7. The fourth-order valence-corrected chi connectivity index (χ4v) is 4.25. The molecule has 0 N–H and O–H groups in total. The van der Waals surface area contributed by atoms with Crippen molar-refractivity contribution in [2.45, 2.75) is 79.1 Å². The molecule has 0 bridgehead atoms. The maximum absolute atomic E-state index is 4.95. The molecule has 0 aliphatic heterocycles. The van der Waals surface area contributed by atoms with E-state index in [0.29, 0.717) is 23.7 Å². The van der Waals surface area contributed by atoms with Crippen molar-refractivity contribution in [2.75, 3.05) is 0 Å². The molecule has 0 fully saturated rings. The van der Waals surface area contributed by atoms with Crippen LogP contribution in [0, 0.1) is 13.5 Å². The zero-order valence-corrected chi connectivity index (χ0v) is 25.6. The van der Waals surface area contributed by atoms with Gasteiger partial charge in [0.2, 0.25) is 0 Å². The number of benzene rings is 3. The summed E-state index contributed by atoms with van der Waals surface area (Å²) < 4.78 is 0. The average Bonchev–Trinajstić information content (AvgIpc) is 2.80. The Morgan fingerprint density at radius 1 is 0.528 bits per heavy atom. The van der Waals surface area contributed by atoms with Crippen LogP contribution in [0.5, 0.6) is 0 Å². The van der Waals surface area contributed by atoms with Crippen LogP contribution in [0.1, 0.15) is 112 Å². The predicted octanol–water partition coefficient (Wildman–Crippen LogP) is 9.93. The molecule has 0 heterocycles. The van der Waals surface area contributed by atoms with E-state index in [-0.39, 0.29) is 28.5 Å². The Balaban J connectivity index is 0.00000324. The van der Waals surface area contributed by atoms with E-state index in [4.69, 9.17) is 9.98 Å². The molecule has 0 spiro atoms. The van der Waals surface area contributed by atoms with Gasteiger partial charge in [0.05, 0.1) is 11.4 Å². The molecule has 0 saturated heterocycles. The van der Waals surface area contributed by atoms with E-state index in [1.54, 1.807) is 0 Å². The minimum absolute atomic E-state index is 0. The Bertz CT molecular complexity index is 1030. The van der Waals surface area contributed by atoms with Crippen molar-refractivity contribution in [3.8, 4) is 0 Å². The van der Waals surface area contributed by atoms with Gasteiger partial charge in [0, 0.05) is 0 Å². The van der Waals surface area contributed by atoms with E-state index in [2.05, 4.69) is 116 Å². The summed E-state index contributed by atoms with van der Waals surface area (Å²) in [5.74, 6) is 1.68. The molecule has 0 radical (unpaired) electrons. The summed E-state index contributed by atoms with van der Waals surface area (Å²) >= 11 is 0. The molecule has 0 saturated carbocycles. The van der Waals surface area contributed by atoms with E-state index in [1.165, 1.54) is 22.3 Å². The van der Waals surface area contributed by atoms with Gasteiger partial charge in [0.1, 0.15) is 0 Å². The fraction of sp³-hybridized carbons (Fsp3) is 0.364. The summed E-state index contributed by atoms with van der Waals surface area (Å²) in [7, 11) is 0. The fourth-order valence-electron chi connectivity index (χ4n) is 4.25. The van der Waals surface area contributed by atoms with E-state index < -0.39 is 0 Å². The van der Waals surface area contributed by atoms with Crippen LogP contribution in [-0.2, 0) is 21.1 Å². The van der Waals surface area contributed by atoms with Gasteiger partial charge in [-0.3, -0.25) is 9.98 Å². The second kappa shape index (κ2) is 14.4. The molecular formula is C33H42N2Pt. The third-order valence-corrected chi connectivity index (χ3v) is 6.19. The van der Waals surface area contributed by atoms with E-state index in [1.807, 2.05) is 12.4 Å². The number of para-hydroxylation sites is 2. The standard InChI is InChI=1S/C32H39N2.CH3.Pt/c1-21(2)27-14-10-15-28(22(3)4)31(27)33-19-25-12-9-13-26(18-25)20-34-32-29(23(5)6)16-11-17-30(32)24(7)8;;/h9-17,19-24H,1-8H3;1H3;/q2*-1;+2. The molecule has 36 heavy (non-hydrogen) atoms. The summed E-state index contributed by atoms with van der Waals surface area (Å²) in [6.07, 6.45) is 3.87. The Hall–Kier alpha value is -2.31. The van der Waals surface area contributed by atoms with Gasteiger partial charge < -0.3 is 7.43 Å². The second-order valence-electron chi connectivity index (χ2n) is 10.3. The van der Waals surface area contributed by atoms with Crippen LogP contribution < -0.4 is 0 Å². The minimum Gasteiger partial charge on any atom is -0.358 e. The molecule has 2 nitrogen and oxygen atoms in total. The summed E-state index contributed by atoms with van der Waals surface area (Å²) in [5, 5.41) is 0. The summed E-state index contributed by atoms with van der Waals surface area (Å²) in [6, 6.07) is 22.7. The Labute approximate surface area is 234 Å². The third-order valence-electron chi connectivity index (χ3n) is 6.19. The molecular weight excluding hydrogens is 619 g/mol. The summed E-state index contributed by atoms with van der Waals surface area (Å²) in [4.78, 5) is 9.90. The van der Waals surface area contributed by atoms with E-state index in [9.17, 15) is 0 Å². The van der Waals surface area contributed by atoms with Crippen LogP contribution in [0.15, 0.2) is 64.6 Å². The van der Waals surface area contributed by atoms with Crippen molar-refractivity contribution in [3.63, 3.8) is 0 Å². The van der Waals surface area contributed by atoms with E-state index in [0.717, 1.165) is 22.5 Å². The van der Waals surface area contributed by atoms with Crippen molar-refractivity contribution in [3.05, 3.63) is 101 Å². The van der Waals surface area contributed by atoms with E-state index >= 15 is 0 Å². The molecule has 3 rings (SSSR count). The molecule has 0 unspecified atom stereocenters. The smallest absolute Gasteiger partial charge is 0.358 e. The van der Waals surface area contributed by atoms with Gasteiger partial charge >= 0.3 is 21.1 Å². The second-order valence-corrected chi connectivity index (χ2v) is 10.3. The van der Waals surface area contributed by atoms with Crippen LogP contribution in [0.2, 0.25) is 0 Å². The molecule has 0 atom stereocenters. The molecule has 3 heteroatoms. The maximum Gasteiger partial charge on any atom is 2.00 e. The molecule has 0 amide bonds. The van der Waals surface area contributed by atoms with Gasteiger partial charge in [-0.2, -0.15) is 0 Å². The monoisotopic (exact) mass is 661 g/mol. The molecule has 0 aliphatic rings. The number of hydrogen-bond acceptors (Lipinski definition) is 2. The van der Waals surface area contributed by atoms with Gasteiger partial charge in [0.15, 0.2) is 0 Å². The molecule has 0 aliphatic carbocycles. The van der Waals surface area contributed by atoms with Crippen molar-refractivity contribution >= 4 is 23.8 Å². The predicted molar refractivity (Wildman–Crippen MR) is 155 cm³/mol. The van der Waals surface area contributed by atoms with Gasteiger partial charge in [-0.25, -0.2) is 0 Å². The molecule has 3 aromatic rings. The van der Waals surface area contributed by atoms with Gasteiger partial charge in [-0.05, 0) is 58.4 Å². The van der Waals surface area contributed by atoms with Crippen LogP contribution in [0.25, 0.3) is 0 Å². The number of nitrogens with zero attached hydrogens (tertiary/aromatic N) is 2. The third kappa shape index (κ3) is 7.84. The first-order chi connectivity index (χ1) is 16.2. The van der Waals surface area contributed by atoms with Crippen LogP contribution >= 0.6 is 0 Å². The van der Waals surface area contributed by atoms with Crippen molar-refractivity contribution in [2.24, 2.45) is 9.98 Å². The maximum atomic E-state index is 4.95. The summed E-state index contributed by atoms with van der Waals surface area (Å²) in [6.45, 7) is 17.8. The number of hydrogen-bond donors (Lipinski definition) is 0. The Morgan fingerprint density at radius 2 is 0.806 bits per heavy atom.